The first-order valence-corrected chi connectivity index (χ1v) is 13.3. The lowest BCUT2D eigenvalue weighted by Crippen LogP contribution is -2.34. The molecule has 0 fully saturated rings. The number of rotatable bonds is 14. The van der Waals surface area contributed by atoms with Gasteiger partial charge in [-0.1, -0.05) is 52.3 Å². The molecule has 2 aromatic carbocycles. The molecule has 38 heavy (non-hydrogen) atoms. The Morgan fingerprint density at radius 1 is 1.05 bits per heavy atom. The van der Waals surface area contributed by atoms with E-state index in [-0.39, 0.29) is 41.6 Å². The van der Waals surface area contributed by atoms with Crippen LogP contribution in [0, 0.1) is 16.0 Å². The van der Waals surface area contributed by atoms with Crippen LogP contribution in [0.3, 0.4) is 0 Å². The van der Waals surface area contributed by atoms with Gasteiger partial charge in [0.1, 0.15) is 5.56 Å². The van der Waals surface area contributed by atoms with E-state index >= 15 is 0 Å². The van der Waals surface area contributed by atoms with Crippen LogP contribution in [0.5, 0.6) is 0 Å². The fraction of sp³-hybridized carbons (Fsp3) is 0.517. The fourth-order valence-electron chi connectivity index (χ4n) is 4.04. The predicted octanol–water partition coefficient (Wildman–Crippen LogP) is 4.67. The van der Waals surface area contributed by atoms with Gasteiger partial charge in [-0.15, -0.1) is 0 Å². The quantitative estimate of drug-likeness (QED) is 0.243. The minimum absolute atomic E-state index is 0.0812. The van der Waals surface area contributed by atoms with E-state index in [1.807, 2.05) is 34.6 Å². The van der Waals surface area contributed by atoms with Gasteiger partial charge in [0, 0.05) is 44.4 Å². The standard InChI is InChI=1S/C29H42N4O5/c1-7-8-14-32(6)29(36)25-16-22(12-13-26(25)33(37)38)20(4)21(5)30-18-27(34)23-10-9-11-24(15-23)28(35)31-17-19(2)3/h9-13,15-16,19-21,27,30,34H,7-8,14,17-18H2,1-6H3,(H,31,35). The van der Waals surface area contributed by atoms with E-state index in [0.29, 0.717) is 30.1 Å². The molecule has 2 amide bonds. The van der Waals surface area contributed by atoms with Crippen molar-refractivity contribution < 1.29 is 19.6 Å². The van der Waals surface area contributed by atoms with Crippen molar-refractivity contribution in [3.8, 4) is 0 Å². The summed E-state index contributed by atoms with van der Waals surface area (Å²) >= 11 is 0. The molecular weight excluding hydrogens is 484 g/mol. The van der Waals surface area contributed by atoms with Crippen molar-refractivity contribution >= 4 is 17.5 Å². The van der Waals surface area contributed by atoms with E-state index in [0.717, 1.165) is 18.4 Å². The van der Waals surface area contributed by atoms with Crippen molar-refractivity contribution in [1.29, 1.82) is 0 Å². The van der Waals surface area contributed by atoms with Gasteiger partial charge in [0.05, 0.1) is 11.0 Å². The summed E-state index contributed by atoms with van der Waals surface area (Å²) in [6.45, 7) is 11.4. The highest BCUT2D eigenvalue weighted by Gasteiger charge is 2.26. The van der Waals surface area contributed by atoms with E-state index in [4.69, 9.17) is 0 Å². The molecule has 0 aliphatic carbocycles. The maximum absolute atomic E-state index is 13.0. The lowest BCUT2D eigenvalue weighted by Gasteiger charge is -2.24. The molecule has 2 rings (SSSR count). The number of carbonyl (C=O) groups excluding carboxylic acids is 2. The van der Waals surface area contributed by atoms with E-state index in [9.17, 15) is 24.8 Å². The van der Waals surface area contributed by atoms with Crippen LogP contribution >= 0.6 is 0 Å². The molecule has 208 valence electrons. The summed E-state index contributed by atoms with van der Waals surface area (Å²) in [5.41, 5.74) is 1.80. The third-order valence-corrected chi connectivity index (χ3v) is 6.75. The predicted molar refractivity (Wildman–Crippen MR) is 149 cm³/mol. The summed E-state index contributed by atoms with van der Waals surface area (Å²) < 4.78 is 0. The minimum atomic E-state index is -0.830. The van der Waals surface area contributed by atoms with Gasteiger partial charge in [0.25, 0.3) is 17.5 Å². The highest BCUT2D eigenvalue weighted by molar-refractivity contribution is 5.98. The summed E-state index contributed by atoms with van der Waals surface area (Å²) in [6, 6.07) is 11.5. The first-order chi connectivity index (χ1) is 18.0. The molecule has 3 unspecified atom stereocenters. The lowest BCUT2D eigenvalue weighted by molar-refractivity contribution is -0.385. The molecule has 2 aromatic rings. The number of carbonyl (C=O) groups is 2. The van der Waals surface area contributed by atoms with E-state index in [1.54, 1.807) is 43.4 Å². The molecule has 0 aliphatic rings. The molecule has 0 saturated carbocycles. The monoisotopic (exact) mass is 526 g/mol. The molecule has 0 radical (unpaired) electrons. The van der Waals surface area contributed by atoms with Crippen molar-refractivity contribution in [2.24, 2.45) is 5.92 Å². The van der Waals surface area contributed by atoms with Crippen LogP contribution in [-0.4, -0.2) is 59.5 Å². The Labute approximate surface area is 225 Å². The molecule has 0 heterocycles. The zero-order valence-corrected chi connectivity index (χ0v) is 23.4. The van der Waals surface area contributed by atoms with Gasteiger partial charge in [-0.25, -0.2) is 0 Å². The van der Waals surface area contributed by atoms with Gasteiger partial charge in [0.15, 0.2) is 0 Å². The lowest BCUT2D eigenvalue weighted by atomic mass is 9.92. The average Bonchev–Trinajstić information content (AvgIpc) is 2.91. The van der Waals surface area contributed by atoms with Crippen LogP contribution < -0.4 is 10.6 Å². The molecule has 0 aromatic heterocycles. The second-order valence-corrected chi connectivity index (χ2v) is 10.3. The summed E-state index contributed by atoms with van der Waals surface area (Å²) in [7, 11) is 1.66. The number of nitro groups is 1. The Bertz CT molecular complexity index is 1100. The second kappa shape index (κ2) is 14.6. The third kappa shape index (κ3) is 8.63. The van der Waals surface area contributed by atoms with Crippen molar-refractivity contribution in [2.75, 3.05) is 26.7 Å². The maximum atomic E-state index is 13.0. The molecule has 0 aliphatic heterocycles. The van der Waals surface area contributed by atoms with Crippen LogP contribution in [-0.2, 0) is 0 Å². The van der Waals surface area contributed by atoms with E-state index in [2.05, 4.69) is 10.6 Å². The van der Waals surface area contributed by atoms with Crippen molar-refractivity contribution in [2.45, 2.75) is 65.5 Å². The van der Waals surface area contributed by atoms with Gasteiger partial charge in [-0.3, -0.25) is 19.7 Å². The summed E-state index contributed by atoms with van der Waals surface area (Å²) in [4.78, 5) is 38.0. The number of amides is 2. The number of nitrogens with one attached hydrogen (secondary N) is 2. The zero-order chi connectivity index (χ0) is 28.4. The second-order valence-electron chi connectivity index (χ2n) is 10.3. The number of nitrogens with zero attached hydrogens (tertiary/aromatic N) is 2. The summed E-state index contributed by atoms with van der Waals surface area (Å²) in [6.07, 6.45) is 0.909. The Hall–Kier alpha value is -3.30. The maximum Gasteiger partial charge on any atom is 0.282 e. The number of hydrogen-bond donors (Lipinski definition) is 3. The van der Waals surface area contributed by atoms with Gasteiger partial charge in [0.2, 0.25) is 0 Å². The molecule has 0 bridgehead atoms. The number of hydrogen-bond acceptors (Lipinski definition) is 6. The van der Waals surface area contributed by atoms with Gasteiger partial charge in [-0.2, -0.15) is 0 Å². The first kappa shape index (κ1) is 30.9. The summed E-state index contributed by atoms with van der Waals surface area (Å²) in [5.74, 6) is -0.296. The SMILES string of the molecule is CCCCN(C)C(=O)c1cc(C(C)C(C)NCC(O)c2cccc(C(=O)NCC(C)C)c2)ccc1[N+](=O)[O-]. The van der Waals surface area contributed by atoms with Crippen LogP contribution in [0.2, 0.25) is 0 Å². The van der Waals surface area contributed by atoms with E-state index in [1.165, 1.54) is 11.0 Å². The Balaban J connectivity index is 2.10. The van der Waals surface area contributed by atoms with Gasteiger partial charge in [-0.05, 0) is 54.5 Å². The highest BCUT2D eigenvalue weighted by Crippen LogP contribution is 2.27. The number of aliphatic hydroxyl groups is 1. The normalized spacial score (nSPS) is 13.6. The topological polar surface area (TPSA) is 125 Å². The molecule has 0 spiro atoms. The van der Waals surface area contributed by atoms with Crippen LogP contribution in [0.1, 0.15) is 91.3 Å². The Morgan fingerprint density at radius 2 is 1.76 bits per heavy atom. The number of benzene rings is 2. The first-order valence-electron chi connectivity index (χ1n) is 13.3. The van der Waals surface area contributed by atoms with Crippen LogP contribution in [0.15, 0.2) is 42.5 Å². The Kier molecular flexibility index (Phi) is 11.9. The van der Waals surface area contributed by atoms with Gasteiger partial charge < -0.3 is 20.6 Å². The molecule has 9 heteroatoms. The molecule has 3 atom stereocenters. The highest BCUT2D eigenvalue weighted by atomic mass is 16.6. The molecule has 3 N–H and O–H groups in total. The number of nitro benzene ring substituents is 1. The zero-order valence-electron chi connectivity index (χ0n) is 23.4. The molecule has 9 nitrogen and oxygen atoms in total. The molecular formula is C29H42N4O5. The van der Waals surface area contributed by atoms with Gasteiger partial charge >= 0.3 is 0 Å². The third-order valence-electron chi connectivity index (χ3n) is 6.75. The smallest absolute Gasteiger partial charge is 0.282 e. The number of unbranched alkanes of at least 4 members (excludes halogenated alkanes) is 1. The van der Waals surface area contributed by atoms with Crippen molar-refractivity contribution in [3.05, 3.63) is 74.8 Å². The minimum Gasteiger partial charge on any atom is -0.387 e. The van der Waals surface area contributed by atoms with Crippen molar-refractivity contribution in [1.82, 2.24) is 15.5 Å². The fourth-order valence-corrected chi connectivity index (χ4v) is 4.04. The largest absolute Gasteiger partial charge is 0.387 e. The summed E-state index contributed by atoms with van der Waals surface area (Å²) in [5, 5.41) is 28.6. The van der Waals surface area contributed by atoms with Crippen molar-refractivity contribution in [3.63, 3.8) is 0 Å². The van der Waals surface area contributed by atoms with Crippen LogP contribution in [0.25, 0.3) is 0 Å². The van der Waals surface area contributed by atoms with Crippen LogP contribution in [0.4, 0.5) is 5.69 Å². The van der Waals surface area contributed by atoms with E-state index < -0.39 is 11.0 Å². The Morgan fingerprint density at radius 3 is 2.39 bits per heavy atom. The molecule has 0 saturated heterocycles. The average molecular weight is 527 g/mol. The number of aliphatic hydroxyl groups excluding tert-OH is 1.